The maximum atomic E-state index is 12.5. The largest absolute Gasteiger partial charge is 0.379 e. The van der Waals surface area contributed by atoms with Crippen LogP contribution >= 0.6 is 0 Å². The Hall–Kier alpha value is -3.03. The number of carbonyl (C=O) groups excluding carboxylic acids is 1. The van der Waals surface area contributed by atoms with E-state index >= 15 is 0 Å². The van der Waals surface area contributed by atoms with Crippen LogP contribution in [0.4, 0.5) is 0 Å². The Kier molecular flexibility index (Phi) is 6.29. The summed E-state index contributed by atoms with van der Waals surface area (Å²) < 4.78 is 7.10. The normalized spacial score (nSPS) is 14.6. The lowest BCUT2D eigenvalue weighted by Crippen LogP contribution is -2.36. The Labute approximate surface area is 170 Å². The molecule has 1 aliphatic rings. The number of rotatable bonds is 7. The molecule has 0 atom stereocenters. The third-order valence-electron chi connectivity index (χ3n) is 5.01. The molecule has 0 unspecified atom stereocenters. The van der Waals surface area contributed by atoms with Crippen LogP contribution in [-0.4, -0.2) is 52.1 Å². The third-order valence-corrected chi connectivity index (χ3v) is 5.01. The molecular weight excluding hydrogens is 366 g/mol. The number of nitrogens with zero attached hydrogens (tertiary/aromatic N) is 4. The second-order valence-corrected chi connectivity index (χ2v) is 7.13. The highest BCUT2D eigenvalue weighted by atomic mass is 16.5. The molecule has 0 radical (unpaired) electrons. The summed E-state index contributed by atoms with van der Waals surface area (Å²) in [5.41, 5.74) is 3.78. The zero-order valence-corrected chi connectivity index (χ0v) is 16.3. The lowest BCUT2D eigenvalue weighted by Gasteiger charge is -2.27. The van der Waals surface area contributed by atoms with Crippen molar-refractivity contribution in [2.45, 2.75) is 19.6 Å². The molecule has 2 aromatic carbocycles. The van der Waals surface area contributed by atoms with E-state index in [0.29, 0.717) is 18.8 Å². The van der Waals surface area contributed by atoms with Crippen molar-refractivity contribution in [1.29, 1.82) is 0 Å². The fraction of sp³-hybridized carbons (Fsp3) is 0.318. The third kappa shape index (κ3) is 5.28. The van der Waals surface area contributed by atoms with E-state index in [0.717, 1.165) is 44.0 Å². The number of morpholine rings is 1. The molecule has 1 aromatic heterocycles. The van der Waals surface area contributed by atoms with Gasteiger partial charge in [0.25, 0.3) is 5.91 Å². The molecule has 3 aromatic rings. The first kappa shape index (κ1) is 19.3. The van der Waals surface area contributed by atoms with Crippen LogP contribution in [0.25, 0.3) is 0 Å². The minimum Gasteiger partial charge on any atom is -0.379 e. The van der Waals surface area contributed by atoms with Gasteiger partial charge in [0.2, 0.25) is 0 Å². The Morgan fingerprint density at radius 3 is 2.48 bits per heavy atom. The summed E-state index contributed by atoms with van der Waals surface area (Å²) in [5, 5.41) is 11.1. The van der Waals surface area contributed by atoms with Crippen LogP contribution in [0.2, 0.25) is 0 Å². The van der Waals surface area contributed by atoms with Gasteiger partial charge in [0, 0.05) is 26.2 Å². The summed E-state index contributed by atoms with van der Waals surface area (Å²) in [7, 11) is 0. The molecule has 1 saturated heterocycles. The fourth-order valence-electron chi connectivity index (χ4n) is 3.40. The molecule has 0 aliphatic carbocycles. The number of amides is 1. The number of hydrogen-bond acceptors (Lipinski definition) is 5. The Morgan fingerprint density at radius 1 is 0.966 bits per heavy atom. The van der Waals surface area contributed by atoms with Crippen LogP contribution in [0.3, 0.4) is 0 Å². The first-order valence-corrected chi connectivity index (χ1v) is 9.87. The minimum atomic E-state index is -0.217. The van der Waals surface area contributed by atoms with Gasteiger partial charge in [0.05, 0.1) is 26.0 Å². The van der Waals surface area contributed by atoms with Crippen LogP contribution in [0.1, 0.15) is 27.2 Å². The highest BCUT2D eigenvalue weighted by Gasteiger charge is 2.14. The van der Waals surface area contributed by atoms with Crippen molar-refractivity contribution >= 4 is 5.91 Å². The van der Waals surface area contributed by atoms with Gasteiger partial charge < -0.3 is 10.1 Å². The summed E-state index contributed by atoms with van der Waals surface area (Å²) in [6, 6.07) is 18.2. The molecule has 1 N–H and O–H groups in total. The van der Waals surface area contributed by atoms with Crippen molar-refractivity contribution in [3.63, 3.8) is 0 Å². The lowest BCUT2D eigenvalue weighted by atomic mass is 10.1. The molecule has 7 nitrogen and oxygen atoms in total. The Bertz CT molecular complexity index is 935. The first-order valence-electron chi connectivity index (χ1n) is 9.87. The predicted molar refractivity (Wildman–Crippen MR) is 109 cm³/mol. The highest BCUT2D eigenvalue weighted by molar-refractivity contribution is 5.91. The molecule has 29 heavy (non-hydrogen) atoms. The summed E-state index contributed by atoms with van der Waals surface area (Å²) in [6.07, 6.45) is 1.68. The molecule has 150 valence electrons. The van der Waals surface area contributed by atoms with Gasteiger partial charge in [-0.2, -0.15) is 0 Å². The quantitative estimate of drug-likeness (QED) is 0.668. The second-order valence-electron chi connectivity index (χ2n) is 7.13. The van der Waals surface area contributed by atoms with Crippen molar-refractivity contribution in [3.8, 4) is 0 Å². The molecular formula is C22H25N5O2. The van der Waals surface area contributed by atoms with Crippen LogP contribution < -0.4 is 5.32 Å². The van der Waals surface area contributed by atoms with Gasteiger partial charge >= 0.3 is 0 Å². The van der Waals surface area contributed by atoms with Gasteiger partial charge in [-0.25, -0.2) is 4.68 Å². The van der Waals surface area contributed by atoms with E-state index in [1.165, 1.54) is 5.56 Å². The van der Waals surface area contributed by atoms with E-state index in [-0.39, 0.29) is 5.91 Å². The number of nitrogens with one attached hydrogen (secondary N) is 1. The van der Waals surface area contributed by atoms with Gasteiger partial charge in [-0.3, -0.25) is 9.69 Å². The molecule has 7 heteroatoms. The van der Waals surface area contributed by atoms with Crippen LogP contribution in [-0.2, 0) is 24.4 Å². The molecule has 2 heterocycles. The van der Waals surface area contributed by atoms with Crippen molar-refractivity contribution in [1.82, 2.24) is 25.2 Å². The number of hydrogen-bond donors (Lipinski definition) is 1. The molecule has 1 fully saturated rings. The van der Waals surface area contributed by atoms with Crippen LogP contribution in [0.15, 0.2) is 60.8 Å². The zero-order valence-electron chi connectivity index (χ0n) is 16.3. The van der Waals surface area contributed by atoms with Gasteiger partial charge in [0.1, 0.15) is 0 Å². The van der Waals surface area contributed by atoms with Gasteiger partial charge in [-0.15, -0.1) is 5.10 Å². The van der Waals surface area contributed by atoms with Gasteiger partial charge in [-0.1, -0.05) is 59.8 Å². The first-order chi connectivity index (χ1) is 14.3. The molecule has 4 rings (SSSR count). The zero-order chi connectivity index (χ0) is 19.9. The smallest absolute Gasteiger partial charge is 0.273 e. The monoisotopic (exact) mass is 391 g/mol. The topological polar surface area (TPSA) is 72.3 Å². The maximum Gasteiger partial charge on any atom is 0.273 e. The van der Waals surface area contributed by atoms with E-state index in [2.05, 4.69) is 32.7 Å². The van der Waals surface area contributed by atoms with Crippen molar-refractivity contribution in [2.75, 3.05) is 26.3 Å². The number of ether oxygens (including phenoxy) is 1. The number of carbonyl (C=O) groups is 1. The van der Waals surface area contributed by atoms with E-state index in [1.807, 2.05) is 42.5 Å². The van der Waals surface area contributed by atoms with Crippen molar-refractivity contribution in [2.24, 2.45) is 0 Å². The van der Waals surface area contributed by atoms with E-state index in [9.17, 15) is 4.79 Å². The average molecular weight is 391 g/mol. The van der Waals surface area contributed by atoms with E-state index < -0.39 is 0 Å². The van der Waals surface area contributed by atoms with Crippen LogP contribution in [0, 0.1) is 0 Å². The minimum absolute atomic E-state index is 0.217. The highest BCUT2D eigenvalue weighted by Crippen LogP contribution is 2.13. The fourth-order valence-corrected chi connectivity index (χ4v) is 3.40. The summed E-state index contributed by atoms with van der Waals surface area (Å²) >= 11 is 0. The molecule has 1 amide bonds. The van der Waals surface area contributed by atoms with E-state index in [4.69, 9.17) is 4.74 Å². The standard InChI is InChI=1S/C22H25N5O2/c28-22(21-17-27(25-24-21)15-18-6-2-1-3-7-18)23-14-19-8-4-5-9-20(19)16-26-10-12-29-13-11-26/h1-9,17H,10-16H2,(H,23,28). The van der Waals surface area contributed by atoms with Crippen molar-refractivity contribution in [3.05, 3.63) is 83.2 Å². The Morgan fingerprint density at radius 2 is 1.69 bits per heavy atom. The maximum absolute atomic E-state index is 12.5. The van der Waals surface area contributed by atoms with Gasteiger partial charge in [0.15, 0.2) is 5.69 Å². The van der Waals surface area contributed by atoms with Gasteiger partial charge in [-0.05, 0) is 16.7 Å². The Balaban J connectivity index is 1.35. The van der Waals surface area contributed by atoms with E-state index in [1.54, 1.807) is 10.9 Å². The summed E-state index contributed by atoms with van der Waals surface area (Å²) in [4.78, 5) is 14.9. The second kappa shape index (κ2) is 9.45. The van der Waals surface area contributed by atoms with Crippen molar-refractivity contribution < 1.29 is 9.53 Å². The SMILES string of the molecule is O=C(NCc1ccccc1CN1CCOCC1)c1cn(Cc2ccccc2)nn1. The molecule has 1 aliphatic heterocycles. The van der Waals surface area contributed by atoms with Crippen LogP contribution in [0.5, 0.6) is 0 Å². The summed E-state index contributed by atoms with van der Waals surface area (Å²) in [6.45, 7) is 5.34. The average Bonchev–Trinajstić information content (AvgIpc) is 3.23. The molecule has 0 spiro atoms. The number of benzene rings is 2. The predicted octanol–water partition coefficient (Wildman–Crippen LogP) is 2.09. The lowest BCUT2D eigenvalue weighted by molar-refractivity contribution is 0.0340. The summed E-state index contributed by atoms with van der Waals surface area (Å²) in [5.74, 6) is -0.217. The number of aromatic nitrogens is 3. The molecule has 0 bridgehead atoms. The molecule has 0 saturated carbocycles.